The molecule has 3 heterocycles. The third kappa shape index (κ3) is 19.3. The molecule has 8 aromatic carbocycles. The number of hydrogen-bond acceptors (Lipinski definition) is 11. The van der Waals surface area contributed by atoms with E-state index in [-0.39, 0.29) is 24.8 Å². The lowest BCUT2D eigenvalue weighted by atomic mass is 10.1. The summed E-state index contributed by atoms with van der Waals surface area (Å²) in [5, 5.41) is 18.5. The number of nitrogens with one attached hydrogen (secondary N) is 4. The van der Waals surface area contributed by atoms with Crippen LogP contribution in [0.3, 0.4) is 0 Å². The maximum Gasteiger partial charge on any atom is 0.300 e. The summed E-state index contributed by atoms with van der Waals surface area (Å²) in [7, 11) is -12.9. The fourth-order valence-electron chi connectivity index (χ4n) is 9.56. The van der Waals surface area contributed by atoms with Crippen LogP contribution >= 0.6 is 61.9 Å². The molecule has 15 nitrogen and oxygen atoms in total. The van der Waals surface area contributed by atoms with Gasteiger partial charge in [0.05, 0.1) is 53.3 Å². The molecule has 23 heteroatoms. The van der Waals surface area contributed by atoms with Crippen molar-refractivity contribution in [1.82, 2.24) is 35.3 Å². The second-order valence-electron chi connectivity index (χ2n) is 20.1. The van der Waals surface area contributed by atoms with Crippen molar-refractivity contribution in [3.8, 4) is 0 Å². The molecule has 0 radical (unpaired) electrons. The summed E-state index contributed by atoms with van der Waals surface area (Å²) in [6.45, 7) is 10.1. The van der Waals surface area contributed by atoms with Gasteiger partial charge in [-0.1, -0.05) is 153 Å². The molecule has 3 aromatic heterocycles. The zero-order valence-electron chi connectivity index (χ0n) is 51.1. The highest BCUT2D eigenvalue weighted by Gasteiger charge is 2.31. The minimum Gasteiger partial charge on any atom is -0.315 e. The van der Waals surface area contributed by atoms with Gasteiger partial charge in [0.25, 0.3) is 7.52 Å². The van der Waals surface area contributed by atoms with Crippen LogP contribution in [0.25, 0.3) is 32.3 Å². The Bertz CT molecular complexity index is 4000. The Morgan fingerprint density at radius 1 is 0.370 bits per heavy atom. The van der Waals surface area contributed by atoms with Gasteiger partial charge < -0.3 is 18.1 Å². The van der Waals surface area contributed by atoms with E-state index in [9.17, 15) is 27.0 Å². The molecule has 0 aliphatic rings. The van der Waals surface area contributed by atoms with Gasteiger partial charge in [0, 0.05) is 76.9 Å². The molecule has 11 rings (SSSR count). The highest BCUT2D eigenvalue weighted by atomic mass is 79.9. The first-order chi connectivity index (χ1) is 44.6. The van der Waals surface area contributed by atoms with Crippen LogP contribution in [-0.2, 0) is 62.5 Å². The largest absolute Gasteiger partial charge is 0.315 e. The van der Waals surface area contributed by atoms with Crippen LogP contribution in [0.5, 0.6) is 0 Å². The summed E-state index contributed by atoms with van der Waals surface area (Å²) in [6, 6.07) is 61.6. The van der Waals surface area contributed by atoms with Gasteiger partial charge in [-0.05, 0) is 151 Å². The van der Waals surface area contributed by atoms with E-state index in [1.165, 1.54) is 24.3 Å². The lowest BCUT2D eigenvalue weighted by Gasteiger charge is -2.21. The lowest BCUT2D eigenvalue weighted by Crippen LogP contribution is -2.22. The minimum atomic E-state index is -3.36. The van der Waals surface area contributed by atoms with Gasteiger partial charge in [0.2, 0.25) is 0 Å². The molecule has 478 valence electrons. The minimum absolute atomic E-state index is 0.276. The molecule has 0 amide bonds. The molecule has 4 atom stereocenters. The molecular weight excluding hydrogens is 1380 g/mol. The van der Waals surface area contributed by atoms with Crippen molar-refractivity contribution in [3.63, 3.8) is 0 Å². The van der Waals surface area contributed by atoms with E-state index in [2.05, 4.69) is 67.2 Å². The second-order valence-corrected chi connectivity index (χ2v) is 30.5. The van der Waals surface area contributed by atoms with E-state index in [4.69, 9.17) is 18.1 Å². The van der Waals surface area contributed by atoms with E-state index in [0.29, 0.717) is 82.2 Å². The number of hydrogen-bond donors (Lipinski definition) is 4. The van der Waals surface area contributed by atoms with E-state index >= 15 is 0 Å². The zero-order chi connectivity index (χ0) is 65.4. The van der Waals surface area contributed by atoms with Crippen LogP contribution in [0.4, 0.5) is 8.78 Å². The van der Waals surface area contributed by atoms with Crippen LogP contribution < -0.4 is 41.6 Å². The Morgan fingerprint density at radius 3 is 1.20 bits per heavy atom. The summed E-state index contributed by atoms with van der Waals surface area (Å²) < 4.78 is 106. The molecule has 92 heavy (non-hydrogen) atoms. The van der Waals surface area contributed by atoms with E-state index in [0.717, 1.165) is 42.1 Å². The van der Waals surface area contributed by atoms with Gasteiger partial charge in [-0.15, -0.1) is 0 Å². The Morgan fingerprint density at radius 2 is 0.750 bits per heavy atom. The fourth-order valence-corrected chi connectivity index (χ4v) is 17.8. The van der Waals surface area contributed by atoms with Crippen LogP contribution in [0.1, 0.15) is 50.1 Å². The molecule has 4 unspecified atom stereocenters. The average molecular weight is 1450 g/mol. The van der Waals surface area contributed by atoms with Crippen LogP contribution in [0.2, 0.25) is 0 Å². The summed E-state index contributed by atoms with van der Waals surface area (Å²) in [5.74, 6) is -0.688. The third-order valence-corrected chi connectivity index (χ3v) is 23.9. The number of benzene rings is 8. The zero-order valence-corrected chi connectivity index (χ0v) is 57.8. The average Bonchev–Trinajstić information content (AvgIpc) is 1.32. The predicted octanol–water partition coefficient (Wildman–Crippen LogP) is 16.8. The van der Waals surface area contributed by atoms with Crippen molar-refractivity contribution >= 4 is 115 Å². The van der Waals surface area contributed by atoms with Crippen molar-refractivity contribution < 1.29 is 45.1 Å². The topological polar surface area (TPSA) is 192 Å². The van der Waals surface area contributed by atoms with Crippen molar-refractivity contribution in [1.29, 1.82) is 0 Å². The second kappa shape index (κ2) is 35.1. The molecule has 0 saturated carbocycles. The highest BCUT2D eigenvalue weighted by Crippen LogP contribution is 2.47. The van der Waals surface area contributed by atoms with Crippen LogP contribution in [0, 0.1) is 11.6 Å². The molecule has 0 aliphatic heterocycles. The van der Waals surface area contributed by atoms with E-state index in [1.54, 1.807) is 93.4 Å². The van der Waals surface area contributed by atoms with Crippen molar-refractivity contribution in [3.05, 3.63) is 280 Å². The number of aromatic nitrogens is 3. The van der Waals surface area contributed by atoms with Crippen molar-refractivity contribution in [2.75, 3.05) is 26.4 Å². The van der Waals surface area contributed by atoms with Crippen LogP contribution in [-0.4, -0.2) is 41.4 Å². The summed E-state index contributed by atoms with van der Waals surface area (Å²) >= 11 is 6.93. The molecule has 11 aromatic rings. The molecule has 4 N–H and O–H groups in total. The lowest BCUT2D eigenvalue weighted by molar-refractivity contribution is 0.331. The first-order valence-corrected chi connectivity index (χ1v) is 37.6. The number of rotatable bonds is 24. The third-order valence-electron chi connectivity index (χ3n) is 13.9. The standard InChI is InChI=1S/C18H18BrN2O2P.2C18H18FN2O2P.C15H17BrNO2P/c1-2-23-24(22,21-13-14-6-5-11-20-12-14)18-10-9-17(19)15-7-3-4-8-16(15)18;1-2-23-24(22,21-13-14-7-5-6-12-20-14)18-11-10-17(19)15-8-3-4-9-16(15)18;1-2-23-24(22,21-13-14-6-5-11-20-12-14)18-10-9-17(19)15-7-3-4-8-16(15)18;1-2-19-20(18,15-10-8-14(16)9-11-15)17-12-13-6-4-3-5-7-13/h3*3-12H,2,13H2,1H3,(H,21,22);3-11H,2,12H2,1H3,(H,17,18). The number of nitrogens with zero attached hydrogens (tertiary/aromatic N) is 3. The molecular formula is C69H71Br2F2N7O8P4. The van der Waals surface area contributed by atoms with E-state index in [1.807, 2.05) is 147 Å². The Labute approximate surface area is 552 Å². The van der Waals surface area contributed by atoms with Gasteiger partial charge >= 0.3 is 22.6 Å². The van der Waals surface area contributed by atoms with Gasteiger partial charge in [-0.3, -0.25) is 33.2 Å². The Hall–Kier alpha value is -6.59. The number of halogens is 4. The van der Waals surface area contributed by atoms with Gasteiger partial charge in [0.15, 0.2) is 0 Å². The van der Waals surface area contributed by atoms with Crippen LogP contribution in [0.15, 0.2) is 246 Å². The molecule has 0 bridgehead atoms. The van der Waals surface area contributed by atoms with Gasteiger partial charge in [-0.25, -0.2) is 29.1 Å². The smallest absolute Gasteiger partial charge is 0.300 e. The molecule has 0 saturated heterocycles. The summed E-state index contributed by atoms with van der Waals surface area (Å²) in [4.78, 5) is 12.3. The van der Waals surface area contributed by atoms with Gasteiger partial charge in [-0.2, -0.15) is 0 Å². The quantitative estimate of drug-likeness (QED) is 0.0417. The SMILES string of the molecule is CCOP(=O)(NCc1ccccc1)c1ccc(Br)cc1.CCOP(=O)(NCc1ccccn1)c1ccc(F)c2ccccc12.CCOP(=O)(NCc1cccnc1)c1ccc(Br)c2ccccc12.CCOP(=O)(NCc1cccnc1)c1ccc(F)c2ccccc12. The normalized spacial score (nSPS) is 13.8. The summed E-state index contributed by atoms with van der Waals surface area (Å²) in [6.07, 6.45) is 8.53. The molecule has 0 aliphatic carbocycles. The van der Waals surface area contributed by atoms with Gasteiger partial charge in [0.1, 0.15) is 11.6 Å². The Balaban J connectivity index is 0.000000158. The fraction of sp³-hybridized carbons (Fsp3) is 0.174. The first kappa shape index (κ1) is 71.3. The maximum atomic E-state index is 14.0. The maximum absolute atomic E-state index is 14.0. The molecule has 0 spiro atoms. The predicted molar refractivity (Wildman–Crippen MR) is 376 cm³/mol. The number of fused-ring (bicyclic) bond motifs is 3. The van der Waals surface area contributed by atoms with Crippen molar-refractivity contribution in [2.45, 2.75) is 53.9 Å². The Kier molecular flexibility index (Phi) is 27.2. The number of pyridine rings is 3. The summed E-state index contributed by atoms with van der Waals surface area (Å²) in [5.41, 5.74) is 3.68. The molecule has 0 fully saturated rings. The van der Waals surface area contributed by atoms with E-state index < -0.39 is 30.1 Å². The highest BCUT2D eigenvalue weighted by molar-refractivity contribution is 9.11. The monoisotopic (exact) mass is 1450 g/mol. The van der Waals surface area contributed by atoms with Crippen molar-refractivity contribution in [2.24, 2.45) is 0 Å². The first-order valence-electron chi connectivity index (χ1n) is 29.6.